The van der Waals surface area contributed by atoms with Gasteiger partial charge in [0.1, 0.15) is 23.6 Å². The molecule has 0 bridgehead atoms. The molecule has 1 aromatic rings. The Labute approximate surface area is 217 Å². The summed E-state index contributed by atoms with van der Waals surface area (Å²) in [7, 11) is 0. The SMILES string of the molecule is C[C@H](N)C(=O)O[C@H](C)[C@H]1C(=O)N2C(C(=O)Oc3ccc4c(c3)OCO4)=C(S[C@H]3CNC(=S)C3)[C@H](C)[C@H]12. The van der Waals surface area contributed by atoms with Crippen LogP contribution in [0.1, 0.15) is 27.2 Å². The average molecular weight is 534 g/mol. The van der Waals surface area contributed by atoms with Crippen LogP contribution in [-0.4, -0.2) is 64.5 Å². The van der Waals surface area contributed by atoms with Gasteiger partial charge in [0.15, 0.2) is 11.5 Å². The molecular weight excluding hydrogens is 506 g/mol. The lowest BCUT2D eigenvalue weighted by molar-refractivity contribution is -0.172. The maximum Gasteiger partial charge on any atom is 0.361 e. The summed E-state index contributed by atoms with van der Waals surface area (Å²) in [5.74, 6) is -0.909. The second-order valence-corrected chi connectivity index (χ2v) is 11.1. The molecule has 0 unspecified atom stereocenters. The third-order valence-corrected chi connectivity index (χ3v) is 8.55. The number of carbonyl (C=O) groups is 3. The van der Waals surface area contributed by atoms with Gasteiger partial charge in [0.25, 0.3) is 0 Å². The number of fused-ring (bicyclic) bond motifs is 2. The smallest absolute Gasteiger partial charge is 0.361 e. The second kappa shape index (κ2) is 9.56. The molecule has 0 aromatic heterocycles. The van der Waals surface area contributed by atoms with Gasteiger partial charge in [0.05, 0.1) is 16.9 Å². The lowest BCUT2D eigenvalue weighted by Crippen LogP contribution is -2.64. The number of thioether (sulfide) groups is 1. The maximum atomic E-state index is 13.5. The molecule has 1 aromatic carbocycles. The molecule has 5 rings (SSSR count). The maximum absolute atomic E-state index is 13.5. The van der Waals surface area contributed by atoms with E-state index in [1.54, 1.807) is 25.1 Å². The van der Waals surface area contributed by atoms with Crippen LogP contribution in [0.15, 0.2) is 28.8 Å². The Hall–Kier alpha value is -2.83. The number of nitrogens with zero attached hydrogens (tertiary/aromatic N) is 1. The van der Waals surface area contributed by atoms with E-state index in [1.165, 1.54) is 23.6 Å². The van der Waals surface area contributed by atoms with Gasteiger partial charge in [-0.3, -0.25) is 9.59 Å². The van der Waals surface area contributed by atoms with Crippen LogP contribution in [0, 0.1) is 11.8 Å². The molecule has 4 heterocycles. The molecule has 4 aliphatic rings. The molecular formula is C24H27N3O7S2. The van der Waals surface area contributed by atoms with Gasteiger partial charge in [-0.15, -0.1) is 11.8 Å². The van der Waals surface area contributed by atoms with Crippen molar-refractivity contribution in [3.05, 3.63) is 28.8 Å². The van der Waals surface area contributed by atoms with Crippen molar-refractivity contribution in [3.8, 4) is 17.2 Å². The van der Waals surface area contributed by atoms with E-state index in [2.05, 4.69) is 5.32 Å². The summed E-state index contributed by atoms with van der Waals surface area (Å²) in [5, 5.41) is 3.30. The third-order valence-electron chi connectivity index (χ3n) is 6.75. The third kappa shape index (κ3) is 4.31. The summed E-state index contributed by atoms with van der Waals surface area (Å²) in [5.41, 5.74) is 5.85. The minimum Gasteiger partial charge on any atom is -0.461 e. The molecule has 2 fully saturated rings. The number of nitrogens with two attached hydrogens (primary N) is 1. The van der Waals surface area contributed by atoms with E-state index in [-0.39, 0.29) is 41.4 Å². The molecule has 0 radical (unpaired) electrons. The predicted molar refractivity (Wildman–Crippen MR) is 134 cm³/mol. The van der Waals surface area contributed by atoms with Crippen molar-refractivity contribution in [2.24, 2.45) is 17.6 Å². The first kappa shape index (κ1) is 24.8. The predicted octanol–water partition coefficient (Wildman–Crippen LogP) is 1.71. The van der Waals surface area contributed by atoms with Crippen molar-refractivity contribution in [2.45, 2.75) is 50.6 Å². The van der Waals surface area contributed by atoms with Gasteiger partial charge in [-0.2, -0.15) is 0 Å². The Morgan fingerprint density at radius 1 is 1.28 bits per heavy atom. The number of nitrogens with one attached hydrogen (secondary N) is 1. The van der Waals surface area contributed by atoms with E-state index < -0.39 is 30.0 Å². The van der Waals surface area contributed by atoms with E-state index in [0.717, 1.165) is 9.89 Å². The number of ether oxygens (including phenoxy) is 4. The van der Waals surface area contributed by atoms with Gasteiger partial charge in [0.2, 0.25) is 12.7 Å². The average Bonchev–Trinajstić information content (AvgIpc) is 3.51. The zero-order valence-corrected chi connectivity index (χ0v) is 21.6. The summed E-state index contributed by atoms with van der Waals surface area (Å²) >= 11 is 6.83. The number of hydrogen-bond donors (Lipinski definition) is 2. The lowest BCUT2D eigenvalue weighted by atomic mass is 9.79. The van der Waals surface area contributed by atoms with Crippen LogP contribution in [0.3, 0.4) is 0 Å². The number of hydrogen-bond acceptors (Lipinski definition) is 10. The van der Waals surface area contributed by atoms with Crippen molar-refractivity contribution in [1.82, 2.24) is 10.2 Å². The van der Waals surface area contributed by atoms with Gasteiger partial charge in [-0.05, 0) is 26.0 Å². The first-order valence-electron chi connectivity index (χ1n) is 11.7. The Bertz CT molecular complexity index is 1170. The molecule has 10 nitrogen and oxygen atoms in total. The minimum atomic E-state index is -0.796. The number of rotatable bonds is 7. The molecule has 36 heavy (non-hydrogen) atoms. The minimum absolute atomic E-state index is 0.102. The standard InChI is InChI=1S/C24H27N3O7S2/c1-10-19-18(12(3)33-23(29)11(2)25)22(28)27(19)20(21(10)36-14-7-17(35)26-8-14)24(30)34-13-4-5-15-16(6-13)32-9-31-15/h4-6,10-12,14,18-19H,7-9,25H2,1-3H3,(H,26,35)/t10-,11+,12-,14-,18-,19-/m1/s1. The highest BCUT2D eigenvalue weighted by molar-refractivity contribution is 8.03. The number of esters is 2. The molecule has 12 heteroatoms. The molecule has 2 saturated heterocycles. The van der Waals surface area contributed by atoms with E-state index in [9.17, 15) is 14.4 Å². The molecule has 0 aliphatic carbocycles. The summed E-state index contributed by atoms with van der Waals surface area (Å²) in [6.45, 7) is 5.96. The Kier molecular flexibility index (Phi) is 6.60. The normalized spacial score (nSPS) is 27.8. The highest BCUT2D eigenvalue weighted by Gasteiger charge is 2.61. The van der Waals surface area contributed by atoms with Crippen molar-refractivity contribution in [3.63, 3.8) is 0 Å². The lowest BCUT2D eigenvalue weighted by Gasteiger charge is -2.47. The summed E-state index contributed by atoms with van der Waals surface area (Å²) < 4.78 is 21.8. The zero-order chi connectivity index (χ0) is 25.7. The number of benzene rings is 1. The number of thiocarbonyl (C=S) groups is 1. The fourth-order valence-electron chi connectivity index (χ4n) is 4.96. The van der Waals surface area contributed by atoms with Gasteiger partial charge in [0, 0.05) is 35.1 Å². The molecule has 0 saturated carbocycles. The van der Waals surface area contributed by atoms with Crippen molar-refractivity contribution in [1.29, 1.82) is 0 Å². The Balaban J connectivity index is 1.41. The van der Waals surface area contributed by atoms with Gasteiger partial charge in [-0.25, -0.2) is 4.79 Å². The summed E-state index contributed by atoms with van der Waals surface area (Å²) in [6.07, 6.45) is 0.00132. The number of carbonyl (C=O) groups excluding carboxylic acids is 3. The molecule has 0 spiro atoms. The molecule has 6 atom stereocenters. The van der Waals surface area contributed by atoms with E-state index >= 15 is 0 Å². The number of amides is 1. The first-order chi connectivity index (χ1) is 17.2. The van der Waals surface area contributed by atoms with E-state index in [1.807, 2.05) is 6.92 Å². The molecule has 3 N–H and O–H groups in total. The molecule has 4 aliphatic heterocycles. The van der Waals surface area contributed by atoms with E-state index in [0.29, 0.717) is 24.5 Å². The quantitative estimate of drug-likeness (QED) is 0.230. The largest absolute Gasteiger partial charge is 0.461 e. The van der Waals surface area contributed by atoms with Crippen LogP contribution in [-0.2, 0) is 19.1 Å². The highest BCUT2D eigenvalue weighted by atomic mass is 32.2. The highest BCUT2D eigenvalue weighted by Crippen LogP contribution is 2.52. The van der Waals surface area contributed by atoms with Gasteiger partial charge in [-0.1, -0.05) is 19.1 Å². The Morgan fingerprint density at radius 3 is 2.72 bits per heavy atom. The fraction of sp³-hybridized carbons (Fsp3) is 0.500. The fourth-order valence-corrected chi connectivity index (χ4v) is 6.77. The van der Waals surface area contributed by atoms with Gasteiger partial charge < -0.3 is 34.9 Å². The first-order valence-corrected chi connectivity index (χ1v) is 13.0. The van der Waals surface area contributed by atoms with Crippen LogP contribution in [0.5, 0.6) is 17.2 Å². The second-order valence-electron chi connectivity index (χ2n) is 9.31. The van der Waals surface area contributed by atoms with Crippen molar-refractivity contribution in [2.75, 3.05) is 13.3 Å². The van der Waals surface area contributed by atoms with Crippen LogP contribution >= 0.6 is 24.0 Å². The summed E-state index contributed by atoms with van der Waals surface area (Å²) in [6, 6.07) is 3.73. The molecule has 1 amide bonds. The summed E-state index contributed by atoms with van der Waals surface area (Å²) in [4.78, 5) is 41.9. The topological polar surface area (TPSA) is 129 Å². The van der Waals surface area contributed by atoms with Crippen molar-refractivity contribution >= 4 is 46.8 Å². The molecule has 192 valence electrons. The van der Waals surface area contributed by atoms with Crippen LogP contribution < -0.4 is 25.3 Å². The van der Waals surface area contributed by atoms with Gasteiger partial charge >= 0.3 is 11.9 Å². The van der Waals surface area contributed by atoms with Crippen molar-refractivity contribution < 1.29 is 33.3 Å². The van der Waals surface area contributed by atoms with E-state index in [4.69, 9.17) is 36.9 Å². The van der Waals surface area contributed by atoms with Crippen LogP contribution in [0.2, 0.25) is 0 Å². The van der Waals surface area contributed by atoms with Crippen LogP contribution in [0.25, 0.3) is 0 Å². The Morgan fingerprint density at radius 2 is 2.03 bits per heavy atom. The monoisotopic (exact) mass is 533 g/mol. The zero-order valence-electron chi connectivity index (χ0n) is 20.0. The number of β-lactam (4-membered cyclic amide) rings is 1. The van der Waals surface area contributed by atoms with Crippen LogP contribution in [0.4, 0.5) is 0 Å².